The van der Waals surface area contributed by atoms with Gasteiger partial charge in [0.05, 0.1) is 0 Å². The molecule has 0 aliphatic rings. The van der Waals surface area contributed by atoms with Gasteiger partial charge in [0.15, 0.2) is 6.10 Å². The highest BCUT2D eigenvalue weighted by Gasteiger charge is 2.19. The zero-order valence-corrected chi connectivity index (χ0v) is 48.4. The molecule has 0 amide bonds. The van der Waals surface area contributed by atoms with Gasteiger partial charge in [-0.3, -0.25) is 14.4 Å². The van der Waals surface area contributed by atoms with Gasteiger partial charge >= 0.3 is 17.9 Å². The summed E-state index contributed by atoms with van der Waals surface area (Å²) >= 11 is 0. The van der Waals surface area contributed by atoms with Crippen molar-refractivity contribution in [3.05, 3.63) is 72.9 Å². The molecule has 6 nitrogen and oxygen atoms in total. The maximum atomic E-state index is 12.9. The lowest BCUT2D eigenvalue weighted by molar-refractivity contribution is -0.167. The molecule has 0 unspecified atom stereocenters. The van der Waals surface area contributed by atoms with Gasteiger partial charge in [-0.2, -0.15) is 0 Å². The van der Waals surface area contributed by atoms with Crippen LogP contribution in [-0.2, 0) is 28.6 Å². The van der Waals surface area contributed by atoms with E-state index in [1.54, 1.807) is 0 Å². The second kappa shape index (κ2) is 61.4. The van der Waals surface area contributed by atoms with Gasteiger partial charge in [-0.05, 0) is 116 Å². The molecule has 0 saturated heterocycles. The lowest BCUT2D eigenvalue weighted by Gasteiger charge is -2.18. The van der Waals surface area contributed by atoms with E-state index < -0.39 is 6.10 Å². The largest absolute Gasteiger partial charge is 0.462 e. The van der Waals surface area contributed by atoms with Gasteiger partial charge in [0.1, 0.15) is 13.2 Å². The van der Waals surface area contributed by atoms with Crippen LogP contribution >= 0.6 is 0 Å². The van der Waals surface area contributed by atoms with Crippen molar-refractivity contribution in [3.63, 3.8) is 0 Å². The first kappa shape index (κ1) is 69.8. The predicted molar refractivity (Wildman–Crippen MR) is 316 cm³/mol. The van der Waals surface area contributed by atoms with Crippen molar-refractivity contribution in [3.8, 4) is 0 Å². The molecule has 0 fully saturated rings. The lowest BCUT2D eigenvalue weighted by Crippen LogP contribution is -2.30. The first-order valence-corrected chi connectivity index (χ1v) is 31.4. The molecule has 0 bridgehead atoms. The van der Waals surface area contributed by atoms with Crippen molar-refractivity contribution >= 4 is 17.9 Å². The highest BCUT2D eigenvalue weighted by Crippen LogP contribution is 2.16. The van der Waals surface area contributed by atoms with E-state index in [9.17, 15) is 14.4 Å². The Morgan fingerprint density at radius 1 is 0.274 bits per heavy atom. The van der Waals surface area contributed by atoms with Crippen LogP contribution < -0.4 is 0 Å². The summed E-state index contributed by atoms with van der Waals surface area (Å²) in [6, 6.07) is 0. The fraction of sp³-hybridized carbons (Fsp3) is 0.776. The molecule has 1 atom stereocenters. The van der Waals surface area contributed by atoms with Crippen LogP contribution in [0.5, 0.6) is 0 Å². The minimum Gasteiger partial charge on any atom is -0.462 e. The molecule has 0 radical (unpaired) electrons. The van der Waals surface area contributed by atoms with Crippen LogP contribution in [0.2, 0.25) is 0 Å². The highest BCUT2D eigenvalue weighted by atomic mass is 16.6. The first-order valence-electron chi connectivity index (χ1n) is 31.4. The summed E-state index contributed by atoms with van der Waals surface area (Å²) in [6.45, 7) is 6.61. The molecular formula is C67H118O6. The van der Waals surface area contributed by atoms with Crippen LogP contribution in [0.3, 0.4) is 0 Å². The first-order chi connectivity index (χ1) is 36.0. The summed E-state index contributed by atoms with van der Waals surface area (Å²) in [5.74, 6) is -0.912. The molecular weight excluding hydrogens is 901 g/mol. The van der Waals surface area contributed by atoms with Gasteiger partial charge in [0, 0.05) is 19.3 Å². The fourth-order valence-electron chi connectivity index (χ4n) is 8.89. The van der Waals surface area contributed by atoms with Crippen molar-refractivity contribution in [2.45, 2.75) is 322 Å². The van der Waals surface area contributed by atoms with Gasteiger partial charge < -0.3 is 14.2 Å². The smallest absolute Gasteiger partial charge is 0.306 e. The minimum absolute atomic E-state index is 0.0875. The minimum atomic E-state index is -0.793. The Kier molecular flexibility index (Phi) is 58.7. The van der Waals surface area contributed by atoms with Gasteiger partial charge in [0.2, 0.25) is 0 Å². The van der Waals surface area contributed by atoms with Crippen LogP contribution in [0.15, 0.2) is 72.9 Å². The van der Waals surface area contributed by atoms with Crippen LogP contribution in [0.25, 0.3) is 0 Å². The second-order valence-corrected chi connectivity index (χ2v) is 21.0. The summed E-state index contributed by atoms with van der Waals surface area (Å²) in [6.07, 6.45) is 78.9. The van der Waals surface area contributed by atoms with E-state index in [1.807, 2.05) is 0 Å². The molecule has 0 spiro atoms. The number of ether oxygens (including phenoxy) is 3. The van der Waals surface area contributed by atoms with Crippen LogP contribution in [0.4, 0.5) is 0 Å². The molecule has 0 aliphatic heterocycles. The molecule has 0 aromatic heterocycles. The molecule has 0 saturated carbocycles. The number of carbonyl (C=O) groups excluding carboxylic acids is 3. The normalized spacial score (nSPS) is 12.5. The van der Waals surface area contributed by atoms with Crippen molar-refractivity contribution in [1.29, 1.82) is 0 Å². The number of unbranched alkanes of at least 4 members (excludes halogenated alkanes) is 34. The summed E-state index contributed by atoms with van der Waals surface area (Å²) < 4.78 is 16.9. The molecule has 6 heteroatoms. The Morgan fingerprint density at radius 3 is 0.822 bits per heavy atom. The zero-order valence-electron chi connectivity index (χ0n) is 48.4. The predicted octanol–water partition coefficient (Wildman–Crippen LogP) is 21.3. The molecule has 0 N–H and O–H groups in total. The molecule has 422 valence electrons. The molecule has 73 heavy (non-hydrogen) atoms. The average Bonchev–Trinajstić information content (AvgIpc) is 3.39. The molecule has 0 heterocycles. The molecule has 0 aromatic carbocycles. The van der Waals surface area contributed by atoms with E-state index in [4.69, 9.17) is 14.2 Å². The monoisotopic (exact) mass is 1020 g/mol. The van der Waals surface area contributed by atoms with Gasteiger partial charge in [-0.1, -0.05) is 254 Å². The van der Waals surface area contributed by atoms with Crippen molar-refractivity contribution < 1.29 is 28.6 Å². The Balaban J connectivity index is 4.43. The van der Waals surface area contributed by atoms with Crippen molar-refractivity contribution in [2.24, 2.45) is 0 Å². The fourth-order valence-corrected chi connectivity index (χ4v) is 8.89. The average molecular weight is 1020 g/mol. The molecule has 0 aromatic rings. The van der Waals surface area contributed by atoms with Crippen LogP contribution in [-0.4, -0.2) is 37.2 Å². The van der Waals surface area contributed by atoms with E-state index in [1.165, 1.54) is 193 Å². The third-order valence-electron chi connectivity index (χ3n) is 13.7. The maximum Gasteiger partial charge on any atom is 0.306 e. The zero-order chi connectivity index (χ0) is 52.9. The Hall–Kier alpha value is -3.15. The van der Waals surface area contributed by atoms with Gasteiger partial charge in [0.25, 0.3) is 0 Å². The number of hydrogen-bond donors (Lipinski definition) is 0. The summed E-state index contributed by atoms with van der Waals surface area (Å²) in [7, 11) is 0. The van der Waals surface area contributed by atoms with Crippen LogP contribution in [0, 0.1) is 0 Å². The Morgan fingerprint density at radius 2 is 0.493 bits per heavy atom. The molecule has 0 rings (SSSR count). The highest BCUT2D eigenvalue weighted by molar-refractivity contribution is 5.71. The Bertz CT molecular complexity index is 1360. The number of esters is 3. The number of hydrogen-bond acceptors (Lipinski definition) is 6. The van der Waals surface area contributed by atoms with Crippen molar-refractivity contribution in [2.75, 3.05) is 13.2 Å². The Labute approximate surface area is 453 Å². The standard InChI is InChI=1S/C67H118O6/c1-4-7-10-13-16-19-22-25-28-31-33-36-39-42-45-48-51-54-57-60-66(69)72-63-64(62-71-65(68)59-56-53-50-47-44-41-38-35-30-27-24-21-18-15-12-9-6-3)73-67(70)61-58-55-52-49-46-43-40-37-34-32-29-26-23-20-17-14-11-8-5-2/h16,19,25-30,33,36,42,45,64H,4-15,17-18,20-24,31-32,34-35,37-41,43-44,46-63H2,1-3H3/b19-16-,28-25-,29-26-,30-27-,36-33-,45-42-/t64-/m1/s1. The van der Waals surface area contributed by atoms with E-state index in [0.717, 1.165) is 83.5 Å². The quantitative estimate of drug-likeness (QED) is 0.0261. The van der Waals surface area contributed by atoms with E-state index in [0.29, 0.717) is 19.3 Å². The van der Waals surface area contributed by atoms with Crippen LogP contribution in [0.1, 0.15) is 316 Å². The number of allylic oxidation sites excluding steroid dienone is 12. The summed E-state index contributed by atoms with van der Waals surface area (Å²) in [5.41, 5.74) is 0. The summed E-state index contributed by atoms with van der Waals surface area (Å²) in [5, 5.41) is 0. The van der Waals surface area contributed by atoms with E-state index >= 15 is 0 Å². The third-order valence-corrected chi connectivity index (χ3v) is 13.7. The topological polar surface area (TPSA) is 78.9 Å². The van der Waals surface area contributed by atoms with Crippen molar-refractivity contribution in [1.82, 2.24) is 0 Å². The van der Waals surface area contributed by atoms with Gasteiger partial charge in [-0.15, -0.1) is 0 Å². The SMILES string of the molecule is CCCCC/C=C\C/C=C\C/C=C\C/C=C\CCCCCC(=O)OC[C@@H](COC(=O)CCCCCCCCC/C=C\CCCCCCCC)OC(=O)CCCCCCCCCCC/C=C\CCCCCCCC. The molecule has 0 aliphatic carbocycles. The van der Waals surface area contributed by atoms with E-state index in [2.05, 4.69) is 93.7 Å². The lowest BCUT2D eigenvalue weighted by atomic mass is 10.1. The second-order valence-electron chi connectivity index (χ2n) is 21.0. The third kappa shape index (κ3) is 59.6. The van der Waals surface area contributed by atoms with E-state index in [-0.39, 0.29) is 31.1 Å². The van der Waals surface area contributed by atoms with Gasteiger partial charge in [-0.25, -0.2) is 0 Å². The summed E-state index contributed by atoms with van der Waals surface area (Å²) in [4.78, 5) is 38.3. The number of carbonyl (C=O) groups is 3. The number of rotatable bonds is 57. The maximum absolute atomic E-state index is 12.9.